The number of hydrogen-bond acceptors (Lipinski definition) is 6. The fourth-order valence-electron chi connectivity index (χ4n) is 5.36. The van der Waals surface area contributed by atoms with Crippen molar-refractivity contribution in [1.29, 1.82) is 0 Å². The maximum atomic E-state index is 15.7. The van der Waals surface area contributed by atoms with E-state index in [-0.39, 0.29) is 22.4 Å². The lowest BCUT2D eigenvalue weighted by Crippen LogP contribution is -2.29. The van der Waals surface area contributed by atoms with Gasteiger partial charge >= 0.3 is 0 Å². The Morgan fingerprint density at radius 1 is 1.18 bits per heavy atom. The van der Waals surface area contributed by atoms with Crippen molar-refractivity contribution in [2.45, 2.75) is 59.0 Å². The number of hydrogen-bond donors (Lipinski definition) is 2. The maximum absolute atomic E-state index is 15.7. The Morgan fingerprint density at radius 2 is 1.93 bits per heavy atom. The number of ether oxygens (including phenoxy) is 1. The van der Waals surface area contributed by atoms with E-state index in [1.165, 1.54) is 12.5 Å². The minimum atomic E-state index is -0.837. The maximum Gasteiger partial charge on any atom is 0.262 e. The Bertz CT molecular complexity index is 1560. The largest absolute Gasteiger partial charge is 0.490 e. The third kappa shape index (κ3) is 5.30. The minimum Gasteiger partial charge on any atom is -0.490 e. The van der Waals surface area contributed by atoms with Crippen LogP contribution in [0.5, 0.6) is 5.75 Å². The number of imidazole rings is 1. The number of carbonyl (C=O) groups excluding carboxylic acids is 1. The van der Waals surface area contributed by atoms with Crippen LogP contribution in [0, 0.1) is 12.7 Å². The fraction of sp³-hybridized carbons (Fsp3) is 0.367. The fourth-order valence-corrected chi connectivity index (χ4v) is 5.57. The molecule has 2 aromatic carbocycles. The van der Waals surface area contributed by atoms with Gasteiger partial charge in [0.25, 0.3) is 5.91 Å². The van der Waals surface area contributed by atoms with Crippen molar-refractivity contribution in [3.05, 3.63) is 76.2 Å². The van der Waals surface area contributed by atoms with Crippen molar-refractivity contribution < 1.29 is 13.9 Å². The lowest BCUT2D eigenvalue weighted by atomic mass is 9.95. The van der Waals surface area contributed by atoms with Gasteiger partial charge in [-0.1, -0.05) is 24.6 Å². The van der Waals surface area contributed by atoms with Crippen LogP contribution in [0.1, 0.15) is 73.4 Å². The highest BCUT2D eigenvalue weighted by Crippen LogP contribution is 2.40. The lowest BCUT2D eigenvalue weighted by molar-refractivity contribution is 0.101. The molecule has 1 aliphatic rings. The number of amides is 1. The highest BCUT2D eigenvalue weighted by atomic mass is 35.5. The summed E-state index contributed by atoms with van der Waals surface area (Å²) in [5, 5.41) is 2.70. The molecule has 1 aliphatic heterocycles. The summed E-state index contributed by atoms with van der Waals surface area (Å²) < 4.78 is 23.7. The van der Waals surface area contributed by atoms with Gasteiger partial charge in [-0.05, 0) is 64.3 Å². The Labute approximate surface area is 238 Å². The molecule has 8 nitrogen and oxygen atoms in total. The summed E-state index contributed by atoms with van der Waals surface area (Å²) >= 11 is 6.41. The number of anilines is 3. The zero-order valence-corrected chi connectivity index (χ0v) is 23.9. The standard InChI is InChI=1S/C30H34ClFN6O2/c1-17(2)40-27-22(18(3)29-35-19(4)26-28(33)34-11-14-38(26)29)16-23(31)25(32)24(27)30(39)36-20-9-8-10-21(15-20)37-12-6-5-7-13-37/h8-11,14-18H,5-7,12-13H2,1-4H3,(H2,33,34)(H,36,39). The molecule has 0 aliphatic carbocycles. The van der Waals surface area contributed by atoms with Gasteiger partial charge in [0.05, 0.1) is 16.8 Å². The second-order valence-electron chi connectivity index (χ2n) is 10.5. The number of nitrogen functional groups attached to an aromatic ring is 1. The molecular formula is C30H34ClFN6O2. The average Bonchev–Trinajstić information content (AvgIpc) is 3.28. The van der Waals surface area contributed by atoms with Crippen LogP contribution < -0.4 is 20.7 Å². The number of nitrogens with one attached hydrogen (secondary N) is 1. The highest BCUT2D eigenvalue weighted by Gasteiger charge is 2.30. The zero-order chi connectivity index (χ0) is 28.6. The Kier molecular flexibility index (Phi) is 7.85. The first kappa shape index (κ1) is 27.7. The van der Waals surface area contributed by atoms with Crippen molar-refractivity contribution >= 4 is 40.2 Å². The number of carbonyl (C=O) groups is 1. The van der Waals surface area contributed by atoms with Crippen LogP contribution in [-0.2, 0) is 0 Å². The number of fused-ring (bicyclic) bond motifs is 1. The molecule has 1 saturated heterocycles. The third-order valence-electron chi connectivity index (χ3n) is 7.24. The number of piperidine rings is 1. The van der Waals surface area contributed by atoms with E-state index in [2.05, 4.69) is 15.2 Å². The van der Waals surface area contributed by atoms with Crippen molar-refractivity contribution in [1.82, 2.24) is 14.4 Å². The molecule has 10 heteroatoms. The quantitative estimate of drug-likeness (QED) is 0.263. The summed E-state index contributed by atoms with van der Waals surface area (Å²) in [6.45, 7) is 9.35. The number of halogens is 2. The molecule has 4 aromatic rings. The zero-order valence-electron chi connectivity index (χ0n) is 23.2. The van der Waals surface area contributed by atoms with E-state index in [1.54, 1.807) is 18.5 Å². The van der Waals surface area contributed by atoms with E-state index in [0.717, 1.165) is 31.6 Å². The average molecular weight is 565 g/mol. The second-order valence-corrected chi connectivity index (χ2v) is 10.9. The normalized spacial score (nSPS) is 14.5. The van der Waals surface area contributed by atoms with Crippen LogP contribution in [-0.4, -0.2) is 39.5 Å². The predicted molar refractivity (Wildman–Crippen MR) is 157 cm³/mol. The van der Waals surface area contributed by atoms with Gasteiger partial charge in [0.2, 0.25) is 0 Å². The molecule has 1 amide bonds. The summed E-state index contributed by atoms with van der Waals surface area (Å²) in [5.41, 5.74) is 9.40. The number of aryl methyl sites for hydroxylation is 1. The molecule has 210 valence electrons. The van der Waals surface area contributed by atoms with E-state index < -0.39 is 17.6 Å². The molecule has 40 heavy (non-hydrogen) atoms. The topological polar surface area (TPSA) is 97.8 Å². The van der Waals surface area contributed by atoms with Crippen molar-refractivity contribution in [3.63, 3.8) is 0 Å². The van der Waals surface area contributed by atoms with Crippen LogP contribution >= 0.6 is 11.6 Å². The first-order chi connectivity index (χ1) is 19.2. The third-order valence-corrected chi connectivity index (χ3v) is 7.52. The number of rotatable bonds is 7. The SMILES string of the molecule is Cc1nc(C(C)c2cc(Cl)c(F)c(C(=O)Nc3cccc(N4CCCCC4)c3)c2OC(C)C)n2ccnc(N)c12. The van der Waals surface area contributed by atoms with Crippen LogP contribution in [0.4, 0.5) is 21.6 Å². The molecular weight excluding hydrogens is 531 g/mol. The summed E-state index contributed by atoms with van der Waals surface area (Å²) in [6, 6.07) is 9.12. The van der Waals surface area contributed by atoms with E-state index in [4.69, 9.17) is 27.1 Å². The molecule has 1 fully saturated rings. The van der Waals surface area contributed by atoms with Crippen LogP contribution in [0.25, 0.3) is 5.52 Å². The van der Waals surface area contributed by atoms with Crippen LogP contribution in [0.3, 0.4) is 0 Å². The lowest BCUT2D eigenvalue weighted by Gasteiger charge is -2.29. The van der Waals surface area contributed by atoms with Crippen LogP contribution in [0.2, 0.25) is 5.02 Å². The molecule has 2 aromatic heterocycles. The summed E-state index contributed by atoms with van der Waals surface area (Å²) in [4.78, 5) is 24.9. The molecule has 0 saturated carbocycles. The Hall–Kier alpha value is -3.85. The van der Waals surface area contributed by atoms with Gasteiger partial charge in [-0.15, -0.1) is 0 Å². The van der Waals surface area contributed by atoms with E-state index in [1.807, 2.05) is 50.3 Å². The van der Waals surface area contributed by atoms with Gasteiger partial charge in [-0.2, -0.15) is 0 Å². The van der Waals surface area contributed by atoms with Gasteiger partial charge in [-0.25, -0.2) is 14.4 Å². The van der Waals surface area contributed by atoms with E-state index in [9.17, 15) is 4.79 Å². The summed E-state index contributed by atoms with van der Waals surface area (Å²) in [5.74, 6) is -0.783. The van der Waals surface area contributed by atoms with Gasteiger partial charge in [0.15, 0.2) is 5.82 Å². The van der Waals surface area contributed by atoms with E-state index in [0.29, 0.717) is 34.1 Å². The van der Waals surface area contributed by atoms with Crippen LogP contribution in [0.15, 0.2) is 42.7 Å². The molecule has 0 radical (unpaired) electrons. The number of nitrogens with zero attached hydrogens (tertiary/aromatic N) is 4. The number of aromatic nitrogens is 3. The minimum absolute atomic E-state index is 0.130. The van der Waals surface area contributed by atoms with E-state index >= 15 is 4.39 Å². The number of benzene rings is 2. The van der Waals surface area contributed by atoms with Gasteiger partial charge in [0, 0.05) is 48.3 Å². The van der Waals surface area contributed by atoms with Gasteiger partial charge < -0.3 is 20.7 Å². The molecule has 3 N–H and O–H groups in total. The molecule has 3 heterocycles. The van der Waals surface area contributed by atoms with Gasteiger partial charge in [0.1, 0.15) is 28.5 Å². The molecule has 1 unspecified atom stereocenters. The van der Waals surface area contributed by atoms with Crippen molar-refractivity contribution in [2.75, 3.05) is 29.0 Å². The summed E-state index contributed by atoms with van der Waals surface area (Å²) in [6.07, 6.45) is 6.53. The Morgan fingerprint density at radius 3 is 2.65 bits per heavy atom. The van der Waals surface area contributed by atoms with Gasteiger partial charge in [-0.3, -0.25) is 9.20 Å². The first-order valence-electron chi connectivity index (χ1n) is 13.6. The van der Waals surface area contributed by atoms with Crippen molar-refractivity contribution in [3.8, 4) is 5.75 Å². The summed E-state index contributed by atoms with van der Waals surface area (Å²) in [7, 11) is 0. The smallest absolute Gasteiger partial charge is 0.262 e. The number of nitrogens with two attached hydrogens (primary N) is 1. The molecule has 0 bridgehead atoms. The monoisotopic (exact) mass is 564 g/mol. The predicted octanol–water partition coefficient (Wildman–Crippen LogP) is 6.59. The first-order valence-corrected chi connectivity index (χ1v) is 14.0. The molecule has 1 atom stereocenters. The Balaban J connectivity index is 1.57. The highest BCUT2D eigenvalue weighted by molar-refractivity contribution is 6.31. The molecule has 5 rings (SSSR count). The molecule has 0 spiro atoms. The second kappa shape index (κ2) is 11.3. The van der Waals surface area contributed by atoms with Crippen molar-refractivity contribution in [2.24, 2.45) is 0 Å².